The van der Waals surface area contributed by atoms with Crippen molar-refractivity contribution in [3.63, 3.8) is 0 Å². The number of hydrogen-bond donors (Lipinski definition) is 2. The number of aromatic amines is 1. The van der Waals surface area contributed by atoms with Crippen molar-refractivity contribution in [1.82, 2.24) is 15.3 Å². The minimum atomic E-state index is -0.0980. The van der Waals surface area contributed by atoms with Crippen LogP contribution in [0.4, 0.5) is 0 Å². The molecule has 2 aromatic heterocycles. The molecule has 0 unspecified atom stereocenters. The van der Waals surface area contributed by atoms with Gasteiger partial charge < -0.3 is 10.3 Å². The Bertz CT molecular complexity index is 767. The molecule has 0 aliphatic rings. The fourth-order valence-electron chi connectivity index (χ4n) is 2.41. The minimum Gasteiger partial charge on any atom is -0.355 e. The summed E-state index contributed by atoms with van der Waals surface area (Å²) in [6.07, 6.45) is 2.90. The molecule has 0 fully saturated rings. The second-order valence-electron chi connectivity index (χ2n) is 6.04. The molecule has 24 heavy (non-hydrogen) atoms. The van der Waals surface area contributed by atoms with Gasteiger partial charge in [-0.05, 0) is 31.2 Å². The number of rotatable bonds is 8. The molecule has 2 N–H and O–H groups in total. The first-order valence-corrected chi connectivity index (χ1v) is 10.2. The topological polar surface area (TPSA) is 74.8 Å². The predicted molar refractivity (Wildman–Crippen MR) is 102 cm³/mol. The van der Waals surface area contributed by atoms with Gasteiger partial charge in [0.05, 0.1) is 11.1 Å². The molecule has 0 spiro atoms. The van der Waals surface area contributed by atoms with E-state index < -0.39 is 0 Å². The molecule has 2 rings (SSSR count). The molecule has 0 aliphatic heterocycles. The van der Waals surface area contributed by atoms with Crippen LogP contribution in [0.25, 0.3) is 10.2 Å². The minimum absolute atomic E-state index is 0.0376. The quantitative estimate of drug-likeness (QED) is 0.553. The Kier molecular flexibility index (Phi) is 6.86. The lowest BCUT2D eigenvalue weighted by Gasteiger charge is -2.08. The maximum Gasteiger partial charge on any atom is 0.260 e. The summed E-state index contributed by atoms with van der Waals surface area (Å²) in [6, 6.07) is 0. The van der Waals surface area contributed by atoms with E-state index in [1.165, 1.54) is 11.8 Å². The van der Waals surface area contributed by atoms with E-state index in [1.807, 2.05) is 6.92 Å². The van der Waals surface area contributed by atoms with Crippen LogP contribution in [0.5, 0.6) is 0 Å². The van der Waals surface area contributed by atoms with E-state index in [2.05, 4.69) is 36.1 Å². The number of carbonyl (C=O) groups excluding carboxylic acids is 1. The summed E-state index contributed by atoms with van der Waals surface area (Å²) in [5.74, 6) is 0.764. The van der Waals surface area contributed by atoms with Gasteiger partial charge in [0.25, 0.3) is 5.56 Å². The number of fused-ring (bicyclic) bond motifs is 1. The highest BCUT2D eigenvalue weighted by molar-refractivity contribution is 7.99. The Labute approximate surface area is 150 Å². The zero-order valence-electron chi connectivity index (χ0n) is 14.7. The standard InChI is InChI=1S/C17H25N3O2S2/c1-5-7-18-13(21)9-23-17-19-15(22)14-12(8-10(3)6-2)11(4)24-16(14)20-17/h10H,5-9H2,1-4H3,(H,18,21)(H,19,20,22)/t10-/m0/s1. The van der Waals surface area contributed by atoms with Crippen LogP contribution >= 0.6 is 23.1 Å². The maximum absolute atomic E-state index is 12.5. The second-order valence-corrected chi connectivity index (χ2v) is 8.21. The fourth-order valence-corrected chi connectivity index (χ4v) is 4.21. The van der Waals surface area contributed by atoms with Gasteiger partial charge in [0.2, 0.25) is 5.91 Å². The lowest BCUT2D eigenvalue weighted by molar-refractivity contribution is -0.118. The van der Waals surface area contributed by atoms with Crippen molar-refractivity contribution < 1.29 is 4.79 Å². The Hall–Kier alpha value is -1.34. The average Bonchev–Trinajstić information content (AvgIpc) is 2.86. The normalized spacial score (nSPS) is 12.5. The maximum atomic E-state index is 12.5. The first-order chi connectivity index (χ1) is 11.5. The molecular formula is C17H25N3O2S2. The van der Waals surface area contributed by atoms with Gasteiger partial charge in [-0.2, -0.15) is 0 Å². The highest BCUT2D eigenvalue weighted by atomic mass is 32.2. The van der Waals surface area contributed by atoms with Crippen molar-refractivity contribution in [3.8, 4) is 0 Å². The van der Waals surface area contributed by atoms with Crippen molar-refractivity contribution in [3.05, 3.63) is 20.8 Å². The number of thioether (sulfide) groups is 1. The lowest BCUT2D eigenvalue weighted by atomic mass is 9.98. The van der Waals surface area contributed by atoms with Gasteiger partial charge in [-0.25, -0.2) is 4.98 Å². The fraction of sp³-hybridized carbons (Fsp3) is 0.588. The molecule has 7 heteroatoms. The molecule has 2 aromatic rings. The zero-order chi connectivity index (χ0) is 17.7. The molecular weight excluding hydrogens is 342 g/mol. The van der Waals surface area contributed by atoms with E-state index in [1.54, 1.807) is 11.3 Å². The molecule has 0 aromatic carbocycles. The van der Waals surface area contributed by atoms with Crippen molar-refractivity contribution in [2.75, 3.05) is 12.3 Å². The third-order valence-corrected chi connectivity index (χ3v) is 5.92. The number of nitrogens with zero attached hydrogens (tertiary/aromatic N) is 1. The van der Waals surface area contributed by atoms with Crippen LogP contribution in [-0.4, -0.2) is 28.2 Å². The smallest absolute Gasteiger partial charge is 0.260 e. The van der Waals surface area contributed by atoms with Crippen LogP contribution in [0.3, 0.4) is 0 Å². The third-order valence-electron chi connectivity index (χ3n) is 4.00. The Morgan fingerprint density at radius 2 is 2.17 bits per heavy atom. The summed E-state index contributed by atoms with van der Waals surface area (Å²) in [7, 11) is 0. The Morgan fingerprint density at radius 3 is 2.83 bits per heavy atom. The van der Waals surface area contributed by atoms with Gasteiger partial charge in [-0.1, -0.05) is 39.0 Å². The first kappa shape index (κ1) is 19.0. The summed E-state index contributed by atoms with van der Waals surface area (Å²) < 4.78 is 0. The molecule has 1 atom stereocenters. The Balaban J connectivity index is 2.21. The van der Waals surface area contributed by atoms with E-state index in [-0.39, 0.29) is 17.2 Å². The number of nitrogens with one attached hydrogen (secondary N) is 2. The van der Waals surface area contributed by atoms with Gasteiger partial charge in [0, 0.05) is 11.4 Å². The van der Waals surface area contributed by atoms with Crippen LogP contribution in [0, 0.1) is 12.8 Å². The van der Waals surface area contributed by atoms with Gasteiger partial charge in [0.15, 0.2) is 5.16 Å². The zero-order valence-corrected chi connectivity index (χ0v) is 16.3. The monoisotopic (exact) mass is 367 g/mol. The van der Waals surface area contributed by atoms with Gasteiger partial charge in [-0.15, -0.1) is 11.3 Å². The lowest BCUT2D eigenvalue weighted by Crippen LogP contribution is -2.25. The van der Waals surface area contributed by atoms with E-state index >= 15 is 0 Å². The predicted octanol–water partition coefficient (Wildman–Crippen LogP) is 3.50. The van der Waals surface area contributed by atoms with E-state index in [4.69, 9.17) is 0 Å². The first-order valence-electron chi connectivity index (χ1n) is 8.38. The molecule has 1 amide bonds. The highest BCUT2D eigenvalue weighted by Crippen LogP contribution is 2.30. The summed E-state index contributed by atoms with van der Waals surface area (Å²) in [5.41, 5.74) is 1.02. The van der Waals surface area contributed by atoms with Gasteiger partial charge >= 0.3 is 0 Å². The van der Waals surface area contributed by atoms with Gasteiger partial charge in [0.1, 0.15) is 4.83 Å². The molecule has 0 saturated carbocycles. The summed E-state index contributed by atoms with van der Waals surface area (Å²) in [4.78, 5) is 33.5. The van der Waals surface area contributed by atoms with Crippen LogP contribution in [0.15, 0.2) is 9.95 Å². The van der Waals surface area contributed by atoms with Gasteiger partial charge in [-0.3, -0.25) is 9.59 Å². The molecule has 132 valence electrons. The second kappa shape index (κ2) is 8.67. The van der Waals surface area contributed by atoms with E-state index in [0.29, 0.717) is 17.6 Å². The number of thiophene rings is 1. The van der Waals surface area contributed by atoms with Crippen LogP contribution in [-0.2, 0) is 11.2 Å². The largest absolute Gasteiger partial charge is 0.355 e. The number of carbonyl (C=O) groups is 1. The SMILES string of the molecule is CCCNC(=O)CSc1nc2sc(C)c(C[C@@H](C)CC)c2c(=O)[nH]1. The van der Waals surface area contributed by atoms with E-state index in [0.717, 1.165) is 39.9 Å². The number of H-pyrrole nitrogens is 1. The van der Waals surface area contributed by atoms with Crippen molar-refractivity contribution in [2.24, 2.45) is 5.92 Å². The summed E-state index contributed by atoms with van der Waals surface area (Å²) >= 11 is 2.83. The number of amides is 1. The molecule has 0 bridgehead atoms. The average molecular weight is 368 g/mol. The highest BCUT2D eigenvalue weighted by Gasteiger charge is 2.17. The third kappa shape index (κ3) is 4.60. The van der Waals surface area contributed by atoms with Crippen LogP contribution < -0.4 is 10.9 Å². The summed E-state index contributed by atoms with van der Waals surface area (Å²) in [6.45, 7) is 9.09. The number of aryl methyl sites for hydroxylation is 1. The molecule has 5 nitrogen and oxygen atoms in total. The van der Waals surface area contributed by atoms with Crippen LogP contribution in [0.2, 0.25) is 0 Å². The number of hydrogen-bond acceptors (Lipinski definition) is 5. The molecule has 0 radical (unpaired) electrons. The van der Waals surface area contributed by atoms with Crippen LogP contribution in [0.1, 0.15) is 44.1 Å². The molecule has 0 aliphatic carbocycles. The molecule has 2 heterocycles. The Morgan fingerprint density at radius 1 is 1.42 bits per heavy atom. The van der Waals surface area contributed by atoms with E-state index in [9.17, 15) is 9.59 Å². The van der Waals surface area contributed by atoms with Crippen molar-refractivity contribution in [2.45, 2.75) is 52.1 Å². The van der Waals surface area contributed by atoms with Crippen molar-refractivity contribution >= 4 is 39.2 Å². The molecule has 0 saturated heterocycles. The summed E-state index contributed by atoms with van der Waals surface area (Å²) in [5, 5.41) is 4.05. The number of aromatic nitrogens is 2. The van der Waals surface area contributed by atoms with Crippen molar-refractivity contribution in [1.29, 1.82) is 0 Å².